The molecule has 0 aliphatic carbocycles. The van der Waals surface area contributed by atoms with Gasteiger partial charge >= 0.3 is 0 Å². The second-order valence-corrected chi connectivity index (χ2v) is 5.45. The summed E-state index contributed by atoms with van der Waals surface area (Å²) in [5.41, 5.74) is -1.05. The van der Waals surface area contributed by atoms with Crippen LogP contribution in [0.15, 0.2) is 0 Å². The standard InChI is InChI=1S/C12H20FN/c1-5-12(13)6-8-14(9-7-12)10-11(2,3)4/h1H,6-10H2,2-4H3. The van der Waals surface area contributed by atoms with Crippen LogP contribution in [0.2, 0.25) is 0 Å². The van der Waals surface area contributed by atoms with Crippen molar-refractivity contribution >= 4 is 0 Å². The summed E-state index contributed by atoms with van der Waals surface area (Å²) < 4.78 is 13.6. The van der Waals surface area contributed by atoms with Gasteiger partial charge < -0.3 is 4.90 Å². The van der Waals surface area contributed by atoms with Crippen molar-refractivity contribution < 1.29 is 4.39 Å². The Morgan fingerprint density at radius 1 is 1.36 bits per heavy atom. The van der Waals surface area contributed by atoms with Crippen molar-refractivity contribution in [2.45, 2.75) is 39.3 Å². The van der Waals surface area contributed by atoms with Crippen LogP contribution in [0.3, 0.4) is 0 Å². The van der Waals surface area contributed by atoms with E-state index in [1.54, 1.807) is 0 Å². The van der Waals surface area contributed by atoms with Crippen LogP contribution in [0, 0.1) is 17.8 Å². The average molecular weight is 197 g/mol. The smallest absolute Gasteiger partial charge is 0.173 e. The molecule has 14 heavy (non-hydrogen) atoms. The summed E-state index contributed by atoms with van der Waals surface area (Å²) in [6, 6.07) is 0. The molecule has 1 rings (SSSR count). The van der Waals surface area contributed by atoms with E-state index in [-0.39, 0.29) is 5.41 Å². The summed E-state index contributed by atoms with van der Waals surface area (Å²) in [5.74, 6) is 2.27. The minimum Gasteiger partial charge on any atom is -0.303 e. The lowest BCUT2D eigenvalue weighted by molar-refractivity contribution is 0.0820. The minimum atomic E-state index is -1.34. The van der Waals surface area contributed by atoms with E-state index in [9.17, 15) is 4.39 Å². The van der Waals surface area contributed by atoms with Gasteiger partial charge in [-0.2, -0.15) is 0 Å². The highest BCUT2D eigenvalue weighted by atomic mass is 19.1. The van der Waals surface area contributed by atoms with Gasteiger partial charge in [0.2, 0.25) is 0 Å². The molecule has 0 bridgehead atoms. The molecular weight excluding hydrogens is 177 g/mol. The number of piperidine rings is 1. The maximum atomic E-state index is 13.6. The summed E-state index contributed by atoms with van der Waals surface area (Å²) in [7, 11) is 0. The molecule has 1 nitrogen and oxygen atoms in total. The molecule has 1 saturated heterocycles. The first-order valence-electron chi connectivity index (χ1n) is 5.24. The number of nitrogens with zero attached hydrogens (tertiary/aromatic N) is 1. The molecule has 1 aliphatic rings. The van der Waals surface area contributed by atoms with Crippen molar-refractivity contribution in [3.63, 3.8) is 0 Å². The molecular formula is C12H20FN. The first-order valence-corrected chi connectivity index (χ1v) is 5.24. The molecule has 0 spiro atoms. The van der Waals surface area contributed by atoms with E-state index in [0.29, 0.717) is 12.8 Å². The lowest BCUT2D eigenvalue weighted by Gasteiger charge is -2.36. The largest absolute Gasteiger partial charge is 0.303 e. The minimum absolute atomic E-state index is 0.284. The molecule has 0 atom stereocenters. The zero-order valence-corrected chi connectivity index (χ0v) is 9.44. The summed E-state index contributed by atoms with van der Waals surface area (Å²) in [6.45, 7) is 9.20. The third-order valence-corrected chi connectivity index (χ3v) is 2.61. The van der Waals surface area contributed by atoms with Crippen LogP contribution >= 0.6 is 0 Å². The summed E-state index contributed by atoms with van der Waals surface area (Å²) in [6.07, 6.45) is 6.14. The molecule has 0 unspecified atom stereocenters. The van der Waals surface area contributed by atoms with Crippen LogP contribution in [-0.4, -0.2) is 30.2 Å². The van der Waals surface area contributed by atoms with E-state index in [1.807, 2.05) is 0 Å². The maximum Gasteiger partial charge on any atom is 0.173 e. The molecule has 0 N–H and O–H groups in total. The Bertz CT molecular complexity index is 226. The van der Waals surface area contributed by atoms with Gasteiger partial charge in [-0.05, 0) is 5.41 Å². The molecule has 1 aliphatic heterocycles. The van der Waals surface area contributed by atoms with Crippen LogP contribution in [0.25, 0.3) is 0 Å². The lowest BCUT2D eigenvalue weighted by Crippen LogP contribution is -2.44. The van der Waals surface area contributed by atoms with Gasteiger partial charge in [0.1, 0.15) is 0 Å². The number of hydrogen-bond acceptors (Lipinski definition) is 1. The predicted molar refractivity (Wildman–Crippen MR) is 57.8 cm³/mol. The third-order valence-electron chi connectivity index (χ3n) is 2.61. The Morgan fingerprint density at radius 2 is 1.86 bits per heavy atom. The van der Waals surface area contributed by atoms with Crippen LogP contribution < -0.4 is 0 Å². The van der Waals surface area contributed by atoms with Gasteiger partial charge in [-0.25, -0.2) is 4.39 Å². The van der Waals surface area contributed by atoms with Gasteiger partial charge in [-0.1, -0.05) is 26.7 Å². The highest BCUT2D eigenvalue weighted by molar-refractivity contribution is 5.09. The number of alkyl halides is 1. The van der Waals surface area contributed by atoms with Crippen molar-refractivity contribution in [3.05, 3.63) is 0 Å². The van der Waals surface area contributed by atoms with E-state index < -0.39 is 5.67 Å². The first kappa shape index (κ1) is 11.5. The number of hydrogen-bond donors (Lipinski definition) is 0. The topological polar surface area (TPSA) is 3.24 Å². The monoisotopic (exact) mass is 197 g/mol. The second-order valence-electron chi connectivity index (χ2n) is 5.45. The van der Waals surface area contributed by atoms with Crippen LogP contribution in [0.5, 0.6) is 0 Å². The molecule has 0 aromatic heterocycles. The number of terminal acetylenes is 1. The number of likely N-dealkylation sites (tertiary alicyclic amines) is 1. The maximum absolute atomic E-state index is 13.6. The van der Waals surface area contributed by atoms with Gasteiger partial charge in [0.25, 0.3) is 0 Å². The third kappa shape index (κ3) is 3.31. The Balaban J connectivity index is 2.41. The van der Waals surface area contributed by atoms with E-state index in [2.05, 4.69) is 31.6 Å². The fourth-order valence-corrected chi connectivity index (χ4v) is 1.88. The number of rotatable bonds is 1. The van der Waals surface area contributed by atoms with Crippen molar-refractivity contribution in [1.29, 1.82) is 0 Å². The van der Waals surface area contributed by atoms with Crippen molar-refractivity contribution in [3.8, 4) is 12.3 Å². The Morgan fingerprint density at radius 3 is 2.21 bits per heavy atom. The summed E-state index contributed by atoms with van der Waals surface area (Å²) in [4.78, 5) is 2.30. The Hall–Kier alpha value is -0.550. The lowest BCUT2D eigenvalue weighted by atomic mass is 9.91. The van der Waals surface area contributed by atoms with Gasteiger partial charge in [0.15, 0.2) is 5.67 Å². The van der Waals surface area contributed by atoms with Gasteiger partial charge in [-0.3, -0.25) is 0 Å². The van der Waals surface area contributed by atoms with Crippen molar-refractivity contribution in [2.24, 2.45) is 5.41 Å². The fourth-order valence-electron chi connectivity index (χ4n) is 1.88. The SMILES string of the molecule is C#CC1(F)CCN(CC(C)(C)C)CC1. The van der Waals surface area contributed by atoms with Crippen LogP contribution in [0.1, 0.15) is 33.6 Å². The van der Waals surface area contributed by atoms with E-state index in [0.717, 1.165) is 19.6 Å². The highest BCUT2D eigenvalue weighted by Crippen LogP contribution is 2.27. The van der Waals surface area contributed by atoms with Crippen LogP contribution in [0.4, 0.5) is 4.39 Å². The summed E-state index contributed by atoms with van der Waals surface area (Å²) in [5, 5.41) is 0. The molecule has 1 heterocycles. The zero-order valence-electron chi connectivity index (χ0n) is 9.44. The zero-order chi connectivity index (χ0) is 10.8. The van der Waals surface area contributed by atoms with Gasteiger partial charge in [0.05, 0.1) is 0 Å². The van der Waals surface area contributed by atoms with Gasteiger partial charge in [0, 0.05) is 32.5 Å². The molecule has 0 amide bonds. The molecule has 0 aromatic carbocycles. The molecule has 0 radical (unpaired) electrons. The predicted octanol–water partition coefficient (Wildman–Crippen LogP) is 2.47. The number of halogens is 1. The van der Waals surface area contributed by atoms with Crippen molar-refractivity contribution in [2.75, 3.05) is 19.6 Å². The fraction of sp³-hybridized carbons (Fsp3) is 0.833. The molecule has 2 heteroatoms. The Labute approximate surface area is 86.7 Å². The summed E-state index contributed by atoms with van der Waals surface area (Å²) >= 11 is 0. The average Bonchev–Trinajstić information content (AvgIpc) is 2.07. The molecule has 1 fully saturated rings. The normalized spacial score (nSPS) is 23.1. The van der Waals surface area contributed by atoms with E-state index >= 15 is 0 Å². The quantitative estimate of drug-likeness (QED) is 0.584. The molecule has 80 valence electrons. The molecule has 0 aromatic rings. The first-order chi connectivity index (χ1) is 6.35. The van der Waals surface area contributed by atoms with Crippen molar-refractivity contribution in [1.82, 2.24) is 4.90 Å². The highest BCUT2D eigenvalue weighted by Gasteiger charge is 2.33. The van der Waals surface area contributed by atoms with Crippen LogP contribution in [-0.2, 0) is 0 Å². The van der Waals surface area contributed by atoms with Gasteiger partial charge in [-0.15, -0.1) is 6.42 Å². The van der Waals surface area contributed by atoms with E-state index in [4.69, 9.17) is 6.42 Å². The molecule has 0 saturated carbocycles. The second kappa shape index (κ2) is 3.90. The Kier molecular flexibility index (Phi) is 3.21. The van der Waals surface area contributed by atoms with E-state index in [1.165, 1.54) is 0 Å².